The SMILES string of the molecule is CC(C)c1ccc(C(C)C)c(N=C=Nc2c(C(C)C)cc(C(C)C)c(N=C=Nc3c(C(C)C)cccc3C(C)C)c2C(C)C)c1. The smallest absolute Gasteiger partial charge is 0.101 e. The van der Waals surface area contributed by atoms with E-state index in [0.717, 1.165) is 28.3 Å². The van der Waals surface area contributed by atoms with Gasteiger partial charge in [0.1, 0.15) is 12.0 Å². The number of rotatable bonds is 11. The van der Waals surface area contributed by atoms with Crippen LogP contribution in [0.3, 0.4) is 0 Å². The van der Waals surface area contributed by atoms with Gasteiger partial charge in [0.2, 0.25) is 0 Å². The van der Waals surface area contributed by atoms with Crippen LogP contribution in [0, 0.1) is 0 Å². The predicted octanol–water partition coefficient (Wildman–Crippen LogP) is 13.8. The van der Waals surface area contributed by atoms with Crippen molar-refractivity contribution in [1.82, 2.24) is 0 Å². The van der Waals surface area contributed by atoms with Gasteiger partial charge in [-0.25, -0.2) is 0 Å². The van der Waals surface area contributed by atoms with E-state index in [1.807, 2.05) is 0 Å². The highest BCUT2D eigenvalue weighted by Crippen LogP contribution is 2.45. The summed E-state index contributed by atoms with van der Waals surface area (Å²) in [6, 6.07) is 21.6. The van der Waals surface area contributed by atoms with E-state index in [0.29, 0.717) is 23.7 Å². The molecule has 0 unspecified atom stereocenters. The van der Waals surface area contributed by atoms with Gasteiger partial charge in [0, 0.05) is 5.56 Å². The van der Waals surface area contributed by atoms with E-state index in [4.69, 9.17) is 20.0 Å². The summed E-state index contributed by atoms with van der Waals surface area (Å²) in [6.07, 6.45) is 0. The van der Waals surface area contributed by atoms with E-state index in [1.165, 1.54) is 33.4 Å². The molecular formula is C41H56N4. The first kappa shape index (κ1) is 35.9. The fourth-order valence-corrected chi connectivity index (χ4v) is 5.80. The summed E-state index contributed by atoms with van der Waals surface area (Å²) in [5, 5.41) is 0. The van der Waals surface area contributed by atoms with E-state index in [1.54, 1.807) is 0 Å². The van der Waals surface area contributed by atoms with Gasteiger partial charge in [0.25, 0.3) is 0 Å². The maximum Gasteiger partial charge on any atom is 0.101 e. The van der Waals surface area contributed by atoms with Crippen molar-refractivity contribution in [2.75, 3.05) is 0 Å². The molecule has 3 aromatic carbocycles. The van der Waals surface area contributed by atoms with Crippen molar-refractivity contribution >= 4 is 34.8 Å². The lowest BCUT2D eigenvalue weighted by Gasteiger charge is -2.22. The number of nitrogens with zero attached hydrogens (tertiary/aromatic N) is 4. The lowest BCUT2D eigenvalue weighted by molar-refractivity contribution is 0.806. The fraction of sp³-hybridized carbons (Fsp3) is 0.512. The van der Waals surface area contributed by atoms with Gasteiger partial charge in [-0.3, -0.25) is 0 Å². The van der Waals surface area contributed by atoms with Gasteiger partial charge in [0.15, 0.2) is 0 Å². The third-order valence-corrected chi connectivity index (χ3v) is 8.53. The minimum absolute atomic E-state index is 0.173. The van der Waals surface area contributed by atoms with Crippen molar-refractivity contribution in [3.63, 3.8) is 0 Å². The molecule has 0 heterocycles. The normalized spacial score (nSPS) is 11.7. The first-order valence-corrected chi connectivity index (χ1v) is 17.0. The van der Waals surface area contributed by atoms with Crippen LogP contribution in [-0.2, 0) is 0 Å². The minimum atomic E-state index is 0.173. The molecule has 0 N–H and O–H groups in total. The topological polar surface area (TPSA) is 49.4 Å². The summed E-state index contributed by atoms with van der Waals surface area (Å²) in [4.78, 5) is 19.7. The molecule has 3 aromatic rings. The molecule has 0 spiro atoms. The molecule has 3 rings (SSSR count). The molecule has 4 heteroatoms. The van der Waals surface area contributed by atoms with Crippen molar-refractivity contribution in [3.05, 3.63) is 81.4 Å². The van der Waals surface area contributed by atoms with Gasteiger partial charge in [-0.2, -0.15) is 20.0 Å². The Bertz CT molecular complexity index is 1580. The van der Waals surface area contributed by atoms with Crippen LogP contribution < -0.4 is 0 Å². The van der Waals surface area contributed by atoms with Crippen LogP contribution in [0.4, 0.5) is 22.7 Å². The molecule has 0 saturated carbocycles. The Morgan fingerprint density at radius 1 is 0.400 bits per heavy atom. The number of aliphatic imine (C=N–C) groups is 4. The number of hydrogen-bond donors (Lipinski definition) is 0. The summed E-state index contributed by atoms with van der Waals surface area (Å²) in [6.45, 7) is 31.0. The summed E-state index contributed by atoms with van der Waals surface area (Å²) in [7, 11) is 0. The Morgan fingerprint density at radius 3 is 1.27 bits per heavy atom. The van der Waals surface area contributed by atoms with Gasteiger partial charge in [0.05, 0.1) is 22.7 Å². The quantitative estimate of drug-likeness (QED) is 0.196. The average molecular weight is 605 g/mol. The third kappa shape index (κ3) is 8.57. The summed E-state index contributed by atoms with van der Waals surface area (Å²) in [5.74, 6) is 2.20. The van der Waals surface area contributed by atoms with Gasteiger partial charge in [-0.15, -0.1) is 0 Å². The van der Waals surface area contributed by atoms with Crippen LogP contribution in [0.15, 0.2) is 62.4 Å². The van der Waals surface area contributed by atoms with E-state index < -0.39 is 0 Å². The van der Waals surface area contributed by atoms with Crippen LogP contribution in [0.1, 0.15) is 177 Å². The van der Waals surface area contributed by atoms with E-state index >= 15 is 0 Å². The van der Waals surface area contributed by atoms with E-state index in [-0.39, 0.29) is 17.8 Å². The highest BCUT2D eigenvalue weighted by molar-refractivity contribution is 5.76. The predicted molar refractivity (Wildman–Crippen MR) is 196 cm³/mol. The number of hydrogen-bond acceptors (Lipinski definition) is 4. The van der Waals surface area contributed by atoms with Gasteiger partial charge in [-0.1, -0.05) is 133 Å². The largest absolute Gasteiger partial charge is 0.187 e. The second-order valence-electron chi connectivity index (χ2n) is 14.5. The monoisotopic (exact) mass is 604 g/mol. The first-order valence-electron chi connectivity index (χ1n) is 17.0. The van der Waals surface area contributed by atoms with E-state index in [2.05, 4.69) is 151 Å². The molecule has 0 aromatic heterocycles. The van der Waals surface area contributed by atoms with Crippen molar-refractivity contribution in [1.29, 1.82) is 0 Å². The Morgan fingerprint density at radius 2 is 0.844 bits per heavy atom. The molecule has 0 bridgehead atoms. The standard InChI is InChI=1S/C41H56N4/c1-24(2)31-18-19-32(25(3)4)37(20-31)42-22-44-40-35(28(9)10)21-36(29(11)12)41(38(40)30(13)14)45-23-43-39-33(26(5)6)16-15-17-34(39)27(7)8/h15-21,24-30H,1-14H3. The molecule has 0 aliphatic carbocycles. The zero-order valence-electron chi connectivity index (χ0n) is 30.4. The molecule has 0 fully saturated rings. The molecule has 240 valence electrons. The minimum Gasteiger partial charge on any atom is -0.187 e. The van der Waals surface area contributed by atoms with Gasteiger partial charge < -0.3 is 0 Å². The van der Waals surface area contributed by atoms with Gasteiger partial charge >= 0.3 is 0 Å². The van der Waals surface area contributed by atoms with Crippen molar-refractivity contribution in [2.24, 2.45) is 20.0 Å². The number of para-hydroxylation sites is 1. The average Bonchev–Trinajstić information content (AvgIpc) is 2.96. The van der Waals surface area contributed by atoms with Crippen LogP contribution >= 0.6 is 0 Å². The molecule has 0 saturated heterocycles. The maximum atomic E-state index is 5.01. The molecule has 4 nitrogen and oxygen atoms in total. The second-order valence-corrected chi connectivity index (χ2v) is 14.5. The van der Waals surface area contributed by atoms with Crippen LogP contribution in [0.25, 0.3) is 0 Å². The molecule has 45 heavy (non-hydrogen) atoms. The van der Waals surface area contributed by atoms with Crippen LogP contribution in [0.2, 0.25) is 0 Å². The number of benzene rings is 3. The summed E-state index contributed by atoms with van der Waals surface area (Å²) < 4.78 is 0. The lowest BCUT2D eigenvalue weighted by Crippen LogP contribution is -2.02. The van der Waals surface area contributed by atoms with Crippen LogP contribution in [-0.4, -0.2) is 12.0 Å². The molecule has 0 amide bonds. The maximum absolute atomic E-state index is 5.01. The van der Waals surface area contributed by atoms with Gasteiger partial charge in [-0.05, 0) is 80.9 Å². The lowest BCUT2D eigenvalue weighted by atomic mass is 9.85. The summed E-state index contributed by atoms with van der Waals surface area (Å²) in [5.41, 5.74) is 12.1. The first-order chi connectivity index (χ1) is 21.1. The van der Waals surface area contributed by atoms with Crippen molar-refractivity contribution < 1.29 is 0 Å². The zero-order chi connectivity index (χ0) is 33.6. The molecule has 0 aliphatic rings. The third-order valence-electron chi connectivity index (χ3n) is 8.53. The summed E-state index contributed by atoms with van der Waals surface area (Å²) >= 11 is 0. The zero-order valence-corrected chi connectivity index (χ0v) is 30.4. The Balaban J connectivity index is 2.33. The molecule has 0 aliphatic heterocycles. The highest BCUT2D eigenvalue weighted by atomic mass is 14.9. The molecule has 0 radical (unpaired) electrons. The fourth-order valence-electron chi connectivity index (χ4n) is 5.80. The van der Waals surface area contributed by atoms with E-state index in [9.17, 15) is 0 Å². The molecule has 0 atom stereocenters. The molecular weight excluding hydrogens is 548 g/mol. The van der Waals surface area contributed by atoms with Crippen molar-refractivity contribution in [3.8, 4) is 0 Å². The van der Waals surface area contributed by atoms with Crippen molar-refractivity contribution in [2.45, 2.75) is 138 Å². The Kier molecular flexibility index (Phi) is 12.5. The highest BCUT2D eigenvalue weighted by Gasteiger charge is 2.23. The van der Waals surface area contributed by atoms with Crippen LogP contribution in [0.5, 0.6) is 0 Å². The second kappa shape index (κ2) is 15.6. The Hall–Kier alpha value is -3.58. The Labute approximate surface area is 274 Å².